The molecule has 5 heteroatoms. The third-order valence-electron chi connectivity index (χ3n) is 4.12. The Balaban J connectivity index is 1.76. The summed E-state index contributed by atoms with van der Waals surface area (Å²) in [7, 11) is 0. The van der Waals surface area contributed by atoms with Gasteiger partial charge in [-0.15, -0.1) is 0 Å². The second kappa shape index (κ2) is 4.55. The van der Waals surface area contributed by atoms with Crippen molar-refractivity contribution in [2.75, 3.05) is 4.90 Å². The van der Waals surface area contributed by atoms with Gasteiger partial charge in [0.1, 0.15) is 12.1 Å². The lowest BCUT2D eigenvalue weighted by Crippen LogP contribution is -2.43. The fraction of sp³-hybridized carbons (Fsp3) is 0.615. The summed E-state index contributed by atoms with van der Waals surface area (Å²) in [6.07, 6.45) is 7.93. The molecular formula is C13H17N3O2. The molecule has 2 fully saturated rings. The summed E-state index contributed by atoms with van der Waals surface area (Å²) in [5.74, 6) is 0.652. The zero-order valence-corrected chi connectivity index (χ0v) is 10.2. The van der Waals surface area contributed by atoms with Crippen molar-refractivity contribution in [3.05, 3.63) is 18.6 Å². The molecule has 0 aromatic carbocycles. The molecule has 3 rings (SSSR count). The van der Waals surface area contributed by atoms with Gasteiger partial charge in [0.15, 0.2) is 0 Å². The molecular weight excluding hydrogens is 230 g/mol. The van der Waals surface area contributed by atoms with Gasteiger partial charge in [0.25, 0.3) is 0 Å². The van der Waals surface area contributed by atoms with E-state index in [1.54, 1.807) is 12.5 Å². The van der Waals surface area contributed by atoms with E-state index in [9.17, 15) is 4.79 Å². The van der Waals surface area contributed by atoms with E-state index in [4.69, 9.17) is 5.11 Å². The minimum Gasteiger partial charge on any atom is -0.481 e. The highest BCUT2D eigenvalue weighted by molar-refractivity contribution is 5.67. The molecule has 2 aliphatic rings. The highest BCUT2D eigenvalue weighted by Crippen LogP contribution is 2.41. The third-order valence-corrected chi connectivity index (χ3v) is 4.12. The second-order valence-electron chi connectivity index (χ2n) is 5.30. The lowest BCUT2D eigenvalue weighted by Gasteiger charge is -2.39. The number of hydrogen-bond acceptors (Lipinski definition) is 4. The summed E-state index contributed by atoms with van der Waals surface area (Å²) in [4.78, 5) is 21.5. The van der Waals surface area contributed by atoms with E-state index in [2.05, 4.69) is 14.9 Å². The van der Waals surface area contributed by atoms with Crippen molar-refractivity contribution in [1.82, 2.24) is 9.97 Å². The van der Waals surface area contributed by atoms with Crippen LogP contribution in [0.25, 0.3) is 0 Å². The number of nitrogens with zero attached hydrogens (tertiary/aromatic N) is 3. The van der Waals surface area contributed by atoms with Crippen LogP contribution >= 0.6 is 0 Å². The highest BCUT2D eigenvalue weighted by Gasteiger charge is 2.41. The minimum absolute atomic E-state index is 0.310. The van der Waals surface area contributed by atoms with Crippen molar-refractivity contribution in [2.24, 2.45) is 5.92 Å². The zero-order chi connectivity index (χ0) is 12.5. The molecule has 1 aromatic heterocycles. The van der Waals surface area contributed by atoms with Gasteiger partial charge >= 0.3 is 5.97 Å². The van der Waals surface area contributed by atoms with E-state index in [1.165, 1.54) is 0 Å². The summed E-state index contributed by atoms with van der Waals surface area (Å²) < 4.78 is 0. The fourth-order valence-electron chi connectivity index (χ4n) is 3.51. The first-order valence-electron chi connectivity index (χ1n) is 6.50. The molecule has 0 amide bonds. The number of piperidine rings is 1. The van der Waals surface area contributed by atoms with Crippen molar-refractivity contribution >= 4 is 11.8 Å². The summed E-state index contributed by atoms with van der Waals surface area (Å²) in [5.41, 5.74) is 0. The molecule has 0 radical (unpaired) electrons. The molecule has 1 aromatic rings. The second-order valence-corrected chi connectivity index (χ2v) is 5.30. The molecule has 2 atom stereocenters. The molecule has 2 saturated heterocycles. The molecule has 3 heterocycles. The predicted octanol–water partition coefficient (Wildman–Crippen LogP) is 1.70. The number of anilines is 1. The van der Waals surface area contributed by atoms with Gasteiger partial charge in [-0.25, -0.2) is 9.97 Å². The van der Waals surface area contributed by atoms with Crippen molar-refractivity contribution in [2.45, 2.75) is 44.2 Å². The molecule has 0 aliphatic carbocycles. The topological polar surface area (TPSA) is 66.3 Å². The van der Waals surface area contributed by atoms with Crippen LogP contribution in [0.1, 0.15) is 32.1 Å². The number of aromatic nitrogens is 2. The number of hydrogen-bond donors (Lipinski definition) is 1. The van der Waals surface area contributed by atoms with Crippen molar-refractivity contribution in [1.29, 1.82) is 0 Å². The normalized spacial score (nSPS) is 30.4. The van der Waals surface area contributed by atoms with Crippen LogP contribution in [0.3, 0.4) is 0 Å². The number of fused-ring (bicyclic) bond motifs is 2. The van der Waals surface area contributed by atoms with Crippen molar-refractivity contribution in [3.63, 3.8) is 0 Å². The molecule has 2 bridgehead atoms. The van der Waals surface area contributed by atoms with E-state index in [-0.39, 0.29) is 0 Å². The van der Waals surface area contributed by atoms with Crippen LogP contribution < -0.4 is 4.90 Å². The monoisotopic (exact) mass is 247 g/mol. The molecule has 5 nitrogen and oxygen atoms in total. The van der Waals surface area contributed by atoms with E-state index in [0.29, 0.717) is 24.4 Å². The molecule has 18 heavy (non-hydrogen) atoms. The number of carboxylic acids is 1. The average Bonchev–Trinajstić information content (AvgIpc) is 2.62. The zero-order valence-electron chi connectivity index (χ0n) is 10.2. The Kier molecular flexibility index (Phi) is 2.89. The first-order valence-corrected chi connectivity index (χ1v) is 6.50. The Morgan fingerprint density at radius 2 is 2.11 bits per heavy atom. The maximum absolute atomic E-state index is 10.8. The van der Waals surface area contributed by atoms with E-state index < -0.39 is 5.97 Å². The molecule has 96 valence electrons. The number of rotatable bonds is 3. The van der Waals surface area contributed by atoms with E-state index in [1.807, 2.05) is 6.07 Å². The summed E-state index contributed by atoms with van der Waals surface area (Å²) in [5, 5.41) is 8.91. The van der Waals surface area contributed by atoms with Crippen LogP contribution in [0, 0.1) is 5.92 Å². The number of carboxylic acid groups (broad SMARTS) is 1. The number of aliphatic carboxylic acids is 1. The Morgan fingerprint density at radius 1 is 1.39 bits per heavy atom. The molecule has 2 aliphatic heterocycles. The van der Waals surface area contributed by atoms with Crippen LogP contribution in [-0.4, -0.2) is 33.1 Å². The molecule has 0 saturated carbocycles. The van der Waals surface area contributed by atoms with Gasteiger partial charge < -0.3 is 10.0 Å². The molecule has 0 spiro atoms. The largest absolute Gasteiger partial charge is 0.481 e. The van der Waals surface area contributed by atoms with Gasteiger partial charge in [-0.05, 0) is 37.7 Å². The first kappa shape index (κ1) is 11.4. The van der Waals surface area contributed by atoms with Crippen molar-refractivity contribution in [3.8, 4) is 0 Å². The third kappa shape index (κ3) is 2.05. The Morgan fingerprint density at radius 3 is 2.67 bits per heavy atom. The van der Waals surface area contributed by atoms with Crippen LogP contribution in [-0.2, 0) is 4.79 Å². The number of carbonyl (C=O) groups is 1. The van der Waals surface area contributed by atoms with Crippen LogP contribution in [0.2, 0.25) is 0 Å². The molecule has 2 unspecified atom stereocenters. The quantitative estimate of drug-likeness (QED) is 0.880. The van der Waals surface area contributed by atoms with Gasteiger partial charge in [0.2, 0.25) is 0 Å². The standard InChI is InChI=1S/C13H17N3O2/c17-13(18)7-9-5-10-1-2-11(6-9)16(10)12-3-4-14-8-15-12/h3-4,8-11H,1-2,5-7H2,(H,17,18). The van der Waals surface area contributed by atoms with E-state index in [0.717, 1.165) is 31.5 Å². The van der Waals surface area contributed by atoms with Gasteiger partial charge in [0, 0.05) is 24.7 Å². The summed E-state index contributed by atoms with van der Waals surface area (Å²) >= 11 is 0. The van der Waals surface area contributed by atoms with E-state index >= 15 is 0 Å². The summed E-state index contributed by atoms with van der Waals surface area (Å²) in [6, 6.07) is 2.87. The van der Waals surface area contributed by atoms with Gasteiger partial charge in [0.05, 0.1) is 0 Å². The van der Waals surface area contributed by atoms with Gasteiger partial charge in [-0.3, -0.25) is 4.79 Å². The Labute approximate surface area is 106 Å². The maximum Gasteiger partial charge on any atom is 0.303 e. The van der Waals surface area contributed by atoms with Crippen LogP contribution in [0.15, 0.2) is 18.6 Å². The molecule has 1 N–H and O–H groups in total. The SMILES string of the molecule is O=C(O)CC1CC2CCC(C1)N2c1ccncn1. The Bertz CT molecular complexity index is 423. The van der Waals surface area contributed by atoms with Crippen molar-refractivity contribution < 1.29 is 9.90 Å². The van der Waals surface area contributed by atoms with Crippen LogP contribution in [0.5, 0.6) is 0 Å². The average molecular weight is 247 g/mol. The summed E-state index contributed by atoms with van der Waals surface area (Å²) in [6.45, 7) is 0. The lowest BCUT2D eigenvalue weighted by molar-refractivity contribution is -0.138. The minimum atomic E-state index is -0.671. The Hall–Kier alpha value is -1.65. The highest BCUT2D eigenvalue weighted by atomic mass is 16.4. The predicted molar refractivity (Wildman–Crippen MR) is 66.3 cm³/mol. The van der Waals surface area contributed by atoms with Gasteiger partial charge in [-0.2, -0.15) is 0 Å². The lowest BCUT2D eigenvalue weighted by atomic mass is 9.88. The van der Waals surface area contributed by atoms with Gasteiger partial charge in [-0.1, -0.05) is 0 Å². The maximum atomic E-state index is 10.8. The van der Waals surface area contributed by atoms with Crippen LogP contribution in [0.4, 0.5) is 5.82 Å². The first-order chi connectivity index (χ1) is 8.74. The smallest absolute Gasteiger partial charge is 0.303 e. The fourth-order valence-corrected chi connectivity index (χ4v) is 3.51.